The van der Waals surface area contributed by atoms with E-state index in [1.165, 1.54) is 24.1 Å². The Kier molecular flexibility index (Phi) is 8.17. The van der Waals surface area contributed by atoms with Gasteiger partial charge in [-0.25, -0.2) is 0 Å². The minimum atomic E-state index is -4.66. The van der Waals surface area contributed by atoms with Gasteiger partial charge in [0.2, 0.25) is 5.91 Å². The standard InChI is InChI=1S/C28H27F6N3O2/c1-36(21-10-3-2-4-11-21)26(39)19(14-18-8-7-9-20(15-18)27(29,30)31)16-22(38)17-37-24-13-6-5-12-23(24)25(35-37)28(32,33)34/h2-4,7-11,15,19H,5-6,12-14,16-17H2,1H3. The molecule has 0 saturated carbocycles. The Morgan fingerprint density at radius 1 is 0.949 bits per heavy atom. The number of carbonyl (C=O) groups excluding carboxylic acids is 2. The third kappa shape index (κ3) is 6.69. The third-order valence-corrected chi connectivity index (χ3v) is 6.89. The maximum atomic E-state index is 13.6. The summed E-state index contributed by atoms with van der Waals surface area (Å²) >= 11 is 0. The highest BCUT2D eigenvalue weighted by Gasteiger charge is 2.40. The number of alkyl halides is 6. The number of hydrogen-bond acceptors (Lipinski definition) is 3. The van der Waals surface area contributed by atoms with Gasteiger partial charge in [-0.2, -0.15) is 31.4 Å². The molecule has 0 radical (unpaired) electrons. The lowest BCUT2D eigenvalue weighted by Gasteiger charge is -2.24. The molecule has 1 atom stereocenters. The van der Waals surface area contributed by atoms with Crippen molar-refractivity contribution in [1.29, 1.82) is 0 Å². The number of aromatic nitrogens is 2. The van der Waals surface area contributed by atoms with Crippen LogP contribution in [0.5, 0.6) is 0 Å². The highest BCUT2D eigenvalue weighted by atomic mass is 19.4. The number of hydrogen-bond donors (Lipinski definition) is 0. The van der Waals surface area contributed by atoms with Gasteiger partial charge >= 0.3 is 12.4 Å². The fraction of sp³-hybridized carbons (Fsp3) is 0.393. The van der Waals surface area contributed by atoms with Crippen molar-refractivity contribution in [3.05, 3.63) is 82.7 Å². The van der Waals surface area contributed by atoms with E-state index < -0.39 is 47.8 Å². The Hall–Kier alpha value is -3.63. The van der Waals surface area contributed by atoms with Crippen LogP contribution in [0.3, 0.4) is 0 Å². The van der Waals surface area contributed by atoms with Gasteiger partial charge in [0.05, 0.1) is 12.1 Å². The molecule has 5 nitrogen and oxygen atoms in total. The first-order chi connectivity index (χ1) is 18.3. The van der Waals surface area contributed by atoms with E-state index in [9.17, 15) is 35.9 Å². The monoisotopic (exact) mass is 551 g/mol. The molecular formula is C28H27F6N3O2. The summed E-state index contributed by atoms with van der Waals surface area (Å²) in [5.74, 6) is -2.07. The number of amides is 1. The van der Waals surface area contributed by atoms with E-state index in [0.717, 1.165) is 16.8 Å². The molecular weight excluding hydrogens is 524 g/mol. The normalized spacial score (nSPS) is 14.5. The second-order valence-electron chi connectivity index (χ2n) is 9.71. The molecule has 0 fully saturated rings. The van der Waals surface area contributed by atoms with Gasteiger partial charge in [-0.3, -0.25) is 14.3 Å². The Bertz CT molecular complexity index is 1330. The Morgan fingerprint density at radius 2 is 1.64 bits per heavy atom. The number of ketones is 1. The average molecular weight is 552 g/mol. The fourth-order valence-electron chi connectivity index (χ4n) is 4.99. The maximum Gasteiger partial charge on any atom is 0.435 e. The molecule has 1 amide bonds. The number of halogens is 6. The van der Waals surface area contributed by atoms with Gasteiger partial charge in [0, 0.05) is 36.3 Å². The topological polar surface area (TPSA) is 55.2 Å². The van der Waals surface area contributed by atoms with Gasteiger partial charge in [0.1, 0.15) is 0 Å². The number of carbonyl (C=O) groups is 2. The smallest absolute Gasteiger partial charge is 0.315 e. The van der Waals surface area contributed by atoms with Crippen LogP contribution < -0.4 is 4.90 Å². The van der Waals surface area contributed by atoms with Gasteiger partial charge in [-0.15, -0.1) is 0 Å². The summed E-state index contributed by atoms with van der Waals surface area (Å²) in [4.78, 5) is 27.9. The van der Waals surface area contributed by atoms with E-state index >= 15 is 0 Å². The molecule has 1 aliphatic carbocycles. The summed E-state index contributed by atoms with van der Waals surface area (Å²) in [5.41, 5.74) is -0.665. The van der Waals surface area contributed by atoms with E-state index in [4.69, 9.17) is 0 Å². The summed E-state index contributed by atoms with van der Waals surface area (Å²) in [7, 11) is 1.50. The van der Waals surface area contributed by atoms with Crippen molar-refractivity contribution in [2.75, 3.05) is 11.9 Å². The van der Waals surface area contributed by atoms with Gasteiger partial charge in [-0.05, 0) is 55.9 Å². The van der Waals surface area contributed by atoms with Crippen molar-refractivity contribution in [2.45, 2.75) is 57.4 Å². The number of rotatable bonds is 8. The van der Waals surface area contributed by atoms with Crippen LogP contribution in [0.1, 0.15) is 47.3 Å². The lowest BCUT2D eigenvalue weighted by Crippen LogP contribution is -2.35. The number of para-hydroxylation sites is 1. The Labute approximate surface area is 221 Å². The predicted molar refractivity (Wildman–Crippen MR) is 132 cm³/mol. The van der Waals surface area contributed by atoms with Crippen molar-refractivity contribution in [1.82, 2.24) is 9.78 Å². The first-order valence-corrected chi connectivity index (χ1v) is 12.5. The summed E-state index contributed by atoms with van der Waals surface area (Å²) in [5, 5.41) is 3.71. The van der Waals surface area contributed by atoms with Gasteiger partial charge < -0.3 is 4.90 Å². The van der Waals surface area contributed by atoms with Crippen molar-refractivity contribution in [3.63, 3.8) is 0 Å². The summed E-state index contributed by atoms with van der Waals surface area (Å²) in [6, 6.07) is 13.1. The molecule has 1 aromatic heterocycles. The fourth-order valence-corrected chi connectivity index (χ4v) is 4.99. The highest BCUT2D eigenvalue weighted by Crippen LogP contribution is 2.36. The summed E-state index contributed by atoms with van der Waals surface area (Å²) in [6.07, 6.45) is -7.93. The zero-order valence-corrected chi connectivity index (χ0v) is 21.1. The molecule has 1 unspecified atom stereocenters. The predicted octanol–water partition coefficient (Wildman–Crippen LogP) is 6.28. The molecule has 1 aliphatic rings. The van der Waals surface area contributed by atoms with Crippen LogP contribution >= 0.6 is 0 Å². The zero-order valence-electron chi connectivity index (χ0n) is 21.1. The van der Waals surface area contributed by atoms with Crippen LogP contribution in [0.4, 0.5) is 32.0 Å². The largest absolute Gasteiger partial charge is 0.435 e. The SMILES string of the molecule is CN(C(=O)C(CC(=O)Cn1nc(C(F)(F)F)c2c1CCCC2)Cc1cccc(C(F)(F)F)c1)c1ccccc1. The molecule has 0 saturated heterocycles. The van der Waals surface area contributed by atoms with E-state index in [1.807, 2.05) is 0 Å². The molecule has 0 spiro atoms. The second kappa shape index (κ2) is 11.2. The number of Topliss-reactive ketones (excluding diaryl/α,β-unsaturated/α-hetero) is 1. The van der Waals surface area contributed by atoms with Gasteiger partial charge in [0.15, 0.2) is 11.5 Å². The van der Waals surface area contributed by atoms with Crippen molar-refractivity contribution in [3.8, 4) is 0 Å². The molecule has 1 heterocycles. The summed E-state index contributed by atoms with van der Waals surface area (Å²) < 4.78 is 81.6. The van der Waals surface area contributed by atoms with E-state index in [1.54, 1.807) is 30.3 Å². The molecule has 4 rings (SSSR count). The van der Waals surface area contributed by atoms with Crippen LogP contribution in [0.2, 0.25) is 0 Å². The first kappa shape index (κ1) is 28.4. The molecule has 2 aromatic carbocycles. The molecule has 3 aromatic rings. The van der Waals surface area contributed by atoms with E-state index in [2.05, 4.69) is 5.10 Å². The third-order valence-electron chi connectivity index (χ3n) is 6.89. The minimum Gasteiger partial charge on any atom is -0.315 e. The van der Waals surface area contributed by atoms with Crippen LogP contribution in [-0.4, -0.2) is 28.5 Å². The maximum absolute atomic E-state index is 13.6. The minimum absolute atomic E-state index is 0.0990. The number of benzene rings is 2. The lowest BCUT2D eigenvalue weighted by molar-refractivity contribution is -0.142. The van der Waals surface area contributed by atoms with Crippen molar-refractivity contribution >= 4 is 17.4 Å². The van der Waals surface area contributed by atoms with Gasteiger partial charge in [0.25, 0.3) is 0 Å². The summed E-state index contributed by atoms with van der Waals surface area (Å²) in [6.45, 7) is -0.458. The van der Waals surface area contributed by atoms with E-state index in [0.29, 0.717) is 30.6 Å². The number of fused-ring (bicyclic) bond motifs is 1. The van der Waals surface area contributed by atoms with Gasteiger partial charge in [-0.1, -0.05) is 36.4 Å². The van der Waals surface area contributed by atoms with Crippen LogP contribution in [0.15, 0.2) is 54.6 Å². The highest BCUT2D eigenvalue weighted by molar-refractivity contribution is 5.97. The van der Waals surface area contributed by atoms with E-state index in [-0.39, 0.29) is 30.4 Å². The van der Waals surface area contributed by atoms with Crippen molar-refractivity contribution in [2.24, 2.45) is 5.92 Å². The van der Waals surface area contributed by atoms with Crippen molar-refractivity contribution < 1.29 is 35.9 Å². The second-order valence-corrected chi connectivity index (χ2v) is 9.71. The number of anilines is 1. The lowest BCUT2D eigenvalue weighted by atomic mass is 9.91. The molecule has 0 bridgehead atoms. The Morgan fingerprint density at radius 3 is 2.31 bits per heavy atom. The van der Waals surface area contributed by atoms with Crippen LogP contribution in [0, 0.1) is 5.92 Å². The number of nitrogens with zero attached hydrogens (tertiary/aromatic N) is 3. The van der Waals surface area contributed by atoms with Crippen LogP contribution in [-0.2, 0) is 47.7 Å². The zero-order chi connectivity index (χ0) is 28.4. The average Bonchev–Trinajstić information content (AvgIpc) is 3.26. The molecule has 208 valence electrons. The molecule has 11 heteroatoms. The first-order valence-electron chi connectivity index (χ1n) is 12.5. The quantitative estimate of drug-likeness (QED) is 0.310. The Balaban J connectivity index is 1.60. The molecule has 39 heavy (non-hydrogen) atoms. The van der Waals surface area contributed by atoms with Crippen LogP contribution in [0.25, 0.3) is 0 Å². The molecule has 0 aliphatic heterocycles. The molecule has 0 N–H and O–H groups in total.